The molecule has 9 heteroatoms. The number of rotatable bonds is 6. The van der Waals surface area contributed by atoms with Crippen LogP contribution >= 0.6 is 34.4 Å². The van der Waals surface area contributed by atoms with Crippen LogP contribution in [0.15, 0.2) is 52.9 Å². The van der Waals surface area contributed by atoms with Gasteiger partial charge >= 0.3 is 0 Å². The number of nitrogens with zero attached hydrogens (tertiary/aromatic N) is 3. The van der Waals surface area contributed by atoms with Crippen LogP contribution in [0, 0.1) is 0 Å². The van der Waals surface area contributed by atoms with Gasteiger partial charge in [-0.25, -0.2) is 4.98 Å². The maximum atomic E-state index is 12.5. The number of hydrogen-bond acceptors (Lipinski definition) is 8. The average molecular weight is 429 g/mol. The summed E-state index contributed by atoms with van der Waals surface area (Å²) in [6.45, 7) is 1.86. The van der Waals surface area contributed by atoms with Gasteiger partial charge in [0.2, 0.25) is 11.0 Å². The van der Waals surface area contributed by atoms with Crippen molar-refractivity contribution in [3.63, 3.8) is 0 Å². The largest absolute Gasteiger partial charge is 0.497 e. The number of fused-ring (bicyclic) bond motifs is 1. The number of hydrogen-bond donors (Lipinski definition) is 1. The van der Waals surface area contributed by atoms with E-state index in [-0.39, 0.29) is 11.2 Å². The molecule has 1 atom stereocenters. The summed E-state index contributed by atoms with van der Waals surface area (Å²) in [5.41, 5.74) is 1.88. The van der Waals surface area contributed by atoms with Crippen molar-refractivity contribution in [1.82, 2.24) is 15.2 Å². The van der Waals surface area contributed by atoms with Crippen LogP contribution in [0.3, 0.4) is 0 Å². The van der Waals surface area contributed by atoms with Crippen LogP contribution in [0.25, 0.3) is 20.8 Å². The van der Waals surface area contributed by atoms with Crippen LogP contribution < -0.4 is 10.1 Å². The maximum Gasteiger partial charge on any atom is 0.239 e. The third-order valence-corrected chi connectivity index (χ3v) is 7.03. The molecule has 4 aromatic rings. The topological polar surface area (TPSA) is 77.0 Å². The highest BCUT2D eigenvalue weighted by atomic mass is 32.2. The summed E-state index contributed by atoms with van der Waals surface area (Å²) in [6.07, 6.45) is 0. The van der Waals surface area contributed by atoms with E-state index in [1.807, 2.05) is 55.5 Å². The summed E-state index contributed by atoms with van der Waals surface area (Å²) >= 11 is 4.37. The summed E-state index contributed by atoms with van der Waals surface area (Å²) in [4.78, 5) is 17.1. The number of carbonyl (C=O) groups excluding carboxylic acids is 1. The molecule has 0 spiro atoms. The first-order chi connectivity index (χ1) is 13.6. The maximum absolute atomic E-state index is 12.5. The lowest BCUT2D eigenvalue weighted by atomic mass is 10.2. The van der Waals surface area contributed by atoms with Crippen molar-refractivity contribution in [3.8, 4) is 16.3 Å². The molecule has 2 aromatic heterocycles. The summed E-state index contributed by atoms with van der Waals surface area (Å²) in [7, 11) is 1.63. The minimum Gasteiger partial charge on any atom is -0.497 e. The smallest absolute Gasteiger partial charge is 0.239 e. The predicted octanol–water partition coefficient (Wildman–Crippen LogP) is 4.94. The first-order valence-corrected chi connectivity index (χ1v) is 10.9. The summed E-state index contributed by atoms with van der Waals surface area (Å²) < 4.78 is 7.15. The van der Waals surface area contributed by atoms with Gasteiger partial charge in [-0.15, -0.1) is 21.5 Å². The van der Waals surface area contributed by atoms with E-state index in [1.165, 1.54) is 23.1 Å². The van der Waals surface area contributed by atoms with E-state index < -0.39 is 0 Å². The third kappa shape index (κ3) is 4.16. The van der Waals surface area contributed by atoms with Crippen molar-refractivity contribution >= 4 is 55.7 Å². The quantitative estimate of drug-likeness (QED) is 0.438. The summed E-state index contributed by atoms with van der Waals surface area (Å²) in [5.74, 6) is 0.657. The molecule has 0 saturated heterocycles. The van der Waals surface area contributed by atoms with E-state index in [0.717, 1.165) is 30.9 Å². The Bertz CT molecular complexity index is 1070. The van der Waals surface area contributed by atoms with Crippen LogP contribution in [0.1, 0.15) is 6.92 Å². The van der Waals surface area contributed by atoms with Gasteiger partial charge in [0, 0.05) is 5.56 Å². The molecule has 2 aromatic carbocycles. The number of thioether (sulfide) groups is 1. The second kappa shape index (κ2) is 8.26. The minimum absolute atomic E-state index is 0.123. The number of methoxy groups -OCH3 is 1. The van der Waals surface area contributed by atoms with Crippen molar-refractivity contribution in [2.45, 2.75) is 16.5 Å². The Balaban J connectivity index is 1.40. The van der Waals surface area contributed by atoms with Crippen LogP contribution in [-0.4, -0.2) is 33.4 Å². The number of para-hydroxylation sites is 1. The molecule has 1 unspecified atom stereocenters. The Morgan fingerprint density at radius 2 is 1.89 bits per heavy atom. The Labute approximate surface area is 174 Å². The van der Waals surface area contributed by atoms with E-state index in [4.69, 9.17) is 4.74 Å². The fourth-order valence-electron chi connectivity index (χ4n) is 2.44. The van der Waals surface area contributed by atoms with Gasteiger partial charge in [-0.1, -0.05) is 35.2 Å². The molecule has 0 saturated carbocycles. The van der Waals surface area contributed by atoms with Crippen molar-refractivity contribution in [1.29, 1.82) is 0 Å². The molecule has 0 radical (unpaired) electrons. The van der Waals surface area contributed by atoms with Gasteiger partial charge in [0.05, 0.1) is 22.6 Å². The lowest BCUT2D eigenvalue weighted by Crippen LogP contribution is -2.22. The number of nitrogens with one attached hydrogen (secondary N) is 1. The molecular formula is C19H16N4O2S3. The number of ether oxygens (including phenoxy) is 1. The van der Waals surface area contributed by atoms with Crippen LogP contribution in [0.2, 0.25) is 0 Å². The predicted molar refractivity (Wildman–Crippen MR) is 115 cm³/mol. The fraction of sp³-hybridized carbons (Fsp3) is 0.158. The Morgan fingerprint density at radius 1 is 1.11 bits per heavy atom. The first-order valence-electron chi connectivity index (χ1n) is 8.43. The standard InChI is InChI=1S/C19H16N4O2S3/c1-11(26-19-20-14-5-3-4-6-15(14)27-19)16(24)21-18-23-22-17(28-18)12-7-9-13(25-2)10-8-12/h3-11H,1-2H3,(H,21,23,24). The zero-order valence-corrected chi connectivity index (χ0v) is 17.5. The number of benzene rings is 2. The molecule has 0 aliphatic rings. The van der Waals surface area contributed by atoms with Gasteiger partial charge in [0.15, 0.2) is 4.34 Å². The molecule has 1 N–H and O–H groups in total. The van der Waals surface area contributed by atoms with E-state index in [9.17, 15) is 4.79 Å². The van der Waals surface area contributed by atoms with Gasteiger partial charge in [0.25, 0.3) is 0 Å². The second-order valence-corrected chi connectivity index (χ2v) is 9.43. The van der Waals surface area contributed by atoms with E-state index in [0.29, 0.717) is 5.13 Å². The Hall–Kier alpha value is -2.49. The molecule has 0 fully saturated rings. The highest BCUT2D eigenvalue weighted by Gasteiger charge is 2.19. The normalized spacial score (nSPS) is 12.1. The van der Waals surface area contributed by atoms with Gasteiger partial charge in [0.1, 0.15) is 10.8 Å². The lowest BCUT2D eigenvalue weighted by Gasteiger charge is -2.07. The van der Waals surface area contributed by atoms with Crippen molar-refractivity contribution in [3.05, 3.63) is 48.5 Å². The van der Waals surface area contributed by atoms with Crippen LogP contribution in [0.5, 0.6) is 5.75 Å². The molecule has 0 aliphatic carbocycles. The molecular weight excluding hydrogens is 412 g/mol. The number of amides is 1. The van der Waals surface area contributed by atoms with Crippen molar-refractivity contribution < 1.29 is 9.53 Å². The third-order valence-electron chi connectivity index (χ3n) is 3.91. The number of thiazole rings is 1. The molecule has 2 heterocycles. The zero-order valence-electron chi connectivity index (χ0n) is 15.1. The van der Waals surface area contributed by atoms with Crippen molar-refractivity contribution in [2.75, 3.05) is 12.4 Å². The van der Waals surface area contributed by atoms with Crippen molar-refractivity contribution in [2.24, 2.45) is 0 Å². The van der Waals surface area contributed by atoms with Gasteiger partial charge < -0.3 is 4.74 Å². The molecule has 0 aliphatic heterocycles. The van der Waals surface area contributed by atoms with Gasteiger partial charge in [-0.3, -0.25) is 10.1 Å². The highest BCUT2D eigenvalue weighted by molar-refractivity contribution is 8.02. The Kier molecular flexibility index (Phi) is 5.56. The van der Waals surface area contributed by atoms with Crippen LogP contribution in [0.4, 0.5) is 5.13 Å². The monoisotopic (exact) mass is 428 g/mol. The lowest BCUT2D eigenvalue weighted by molar-refractivity contribution is -0.115. The van der Waals surface area contributed by atoms with E-state index in [2.05, 4.69) is 20.5 Å². The molecule has 4 rings (SSSR count). The van der Waals surface area contributed by atoms with Crippen LogP contribution in [-0.2, 0) is 4.79 Å². The number of anilines is 1. The number of carbonyl (C=O) groups is 1. The fourth-order valence-corrected chi connectivity index (χ4v) is 5.40. The molecule has 142 valence electrons. The average Bonchev–Trinajstić information content (AvgIpc) is 3.34. The summed E-state index contributed by atoms with van der Waals surface area (Å²) in [6, 6.07) is 15.5. The van der Waals surface area contributed by atoms with E-state index >= 15 is 0 Å². The molecule has 0 bridgehead atoms. The summed E-state index contributed by atoms with van der Waals surface area (Å²) in [5, 5.41) is 12.0. The minimum atomic E-state index is -0.297. The van der Waals surface area contributed by atoms with Gasteiger partial charge in [-0.2, -0.15) is 0 Å². The SMILES string of the molecule is COc1ccc(-c2nnc(NC(=O)C(C)Sc3nc4ccccc4s3)s2)cc1. The molecule has 1 amide bonds. The molecule has 6 nitrogen and oxygen atoms in total. The second-order valence-electron chi connectivity index (χ2n) is 5.84. The van der Waals surface area contributed by atoms with E-state index in [1.54, 1.807) is 18.4 Å². The Morgan fingerprint density at radius 3 is 2.64 bits per heavy atom. The zero-order chi connectivity index (χ0) is 19.5. The first kappa shape index (κ1) is 18.9. The number of aromatic nitrogens is 3. The van der Waals surface area contributed by atoms with Gasteiger partial charge in [-0.05, 0) is 43.3 Å². The highest BCUT2D eigenvalue weighted by Crippen LogP contribution is 2.33. The molecule has 28 heavy (non-hydrogen) atoms.